The number of piperidine rings is 1. The number of nitrogens with two attached hydrogens (primary N) is 1. The van der Waals surface area contributed by atoms with Crippen molar-refractivity contribution >= 4 is 0 Å². The molecule has 1 saturated carbocycles. The van der Waals surface area contributed by atoms with Crippen LogP contribution in [-0.4, -0.2) is 30.6 Å². The van der Waals surface area contributed by atoms with Gasteiger partial charge in [-0.2, -0.15) is 0 Å². The van der Waals surface area contributed by atoms with E-state index in [-0.39, 0.29) is 0 Å². The first-order valence-corrected chi connectivity index (χ1v) is 8.09. The van der Waals surface area contributed by atoms with Gasteiger partial charge in [0.05, 0.1) is 0 Å². The van der Waals surface area contributed by atoms with E-state index in [2.05, 4.69) is 18.7 Å². The third-order valence-electron chi connectivity index (χ3n) is 5.47. The van der Waals surface area contributed by atoms with Crippen LogP contribution in [0.5, 0.6) is 0 Å². The zero-order valence-corrected chi connectivity index (χ0v) is 12.5. The van der Waals surface area contributed by atoms with Crippen molar-refractivity contribution in [2.24, 2.45) is 17.1 Å². The minimum absolute atomic E-state index is 0.385. The number of nitrogens with zero attached hydrogens (tertiary/aromatic N) is 1. The van der Waals surface area contributed by atoms with Crippen LogP contribution in [0.4, 0.5) is 0 Å². The fourth-order valence-electron chi connectivity index (χ4n) is 3.72. The first-order valence-electron chi connectivity index (χ1n) is 8.09. The lowest BCUT2D eigenvalue weighted by molar-refractivity contribution is 0.0657. The highest BCUT2D eigenvalue weighted by molar-refractivity contribution is 4.88. The second-order valence-corrected chi connectivity index (χ2v) is 7.10. The van der Waals surface area contributed by atoms with Crippen LogP contribution in [0, 0.1) is 11.3 Å². The molecule has 0 bridgehead atoms. The maximum atomic E-state index is 6.14. The van der Waals surface area contributed by atoms with Crippen molar-refractivity contribution in [3.63, 3.8) is 0 Å². The van der Waals surface area contributed by atoms with E-state index in [1.54, 1.807) is 0 Å². The summed E-state index contributed by atoms with van der Waals surface area (Å²) in [5, 5.41) is 0. The van der Waals surface area contributed by atoms with Gasteiger partial charge in [-0.1, -0.05) is 33.1 Å². The normalized spacial score (nSPS) is 26.7. The summed E-state index contributed by atoms with van der Waals surface area (Å²) in [7, 11) is 0. The van der Waals surface area contributed by atoms with Gasteiger partial charge in [0, 0.05) is 6.04 Å². The molecule has 0 aromatic carbocycles. The van der Waals surface area contributed by atoms with Crippen LogP contribution in [0.2, 0.25) is 0 Å². The average Bonchev–Trinajstić information content (AvgIpc) is 2.39. The number of rotatable bonds is 4. The molecule has 1 atom stereocenters. The lowest BCUT2D eigenvalue weighted by atomic mass is 9.68. The largest absolute Gasteiger partial charge is 0.327 e. The predicted molar refractivity (Wildman–Crippen MR) is 78.6 cm³/mol. The Balaban J connectivity index is 1.70. The summed E-state index contributed by atoms with van der Waals surface area (Å²) in [6, 6.07) is 0.385. The molecular formula is C16H32N2. The molecule has 0 amide bonds. The molecule has 18 heavy (non-hydrogen) atoms. The van der Waals surface area contributed by atoms with Crippen LogP contribution in [0.3, 0.4) is 0 Å². The topological polar surface area (TPSA) is 29.3 Å². The molecule has 2 N–H and O–H groups in total. The fraction of sp³-hybridized carbons (Fsp3) is 1.00. The predicted octanol–water partition coefficient (Wildman–Crippen LogP) is 3.41. The molecule has 0 radical (unpaired) electrons. The van der Waals surface area contributed by atoms with Crippen LogP contribution in [0.25, 0.3) is 0 Å². The van der Waals surface area contributed by atoms with E-state index in [1.165, 1.54) is 71.0 Å². The monoisotopic (exact) mass is 252 g/mol. The molecule has 106 valence electrons. The second-order valence-electron chi connectivity index (χ2n) is 7.10. The van der Waals surface area contributed by atoms with E-state index >= 15 is 0 Å². The van der Waals surface area contributed by atoms with Crippen LogP contribution < -0.4 is 5.73 Å². The first-order chi connectivity index (χ1) is 8.61. The molecule has 2 heteroatoms. The van der Waals surface area contributed by atoms with Crippen LogP contribution in [0.1, 0.15) is 65.2 Å². The maximum absolute atomic E-state index is 6.14. The number of hydrogen-bond donors (Lipinski definition) is 1. The van der Waals surface area contributed by atoms with Crippen molar-refractivity contribution in [3.8, 4) is 0 Å². The molecule has 2 nitrogen and oxygen atoms in total. The minimum atomic E-state index is 0.385. The molecule has 2 rings (SSSR count). The standard InChI is InChI=1S/C16H32N2/c1-14(2)15(17)6-11-18-12-9-16(10-13-18)7-4-3-5-8-16/h14-15H,3-13,17H2,1-2H3. The van der Waals surface area contributed by atoms with Gasteiger partial charge in [0.2, 0.25) is 0 Å². The molecule has 1 saturated heterocycles. The number of likely N-dealkylation sites (tertiary alicyclic amines) is 1. The zero-order valence-electron chi connectivity index (χ0n) is 12.5. The smallest absolute Gasteiger partial charge is 0.00740 e. The summed E-state index contributed by atoms with van der Waals surface area (Å²) < 4.78 is 0. The van der Waals surface area contributed by atoms with Crippen LogP contribution in [-0.2, 0) is 0 Å². The van der Waals surface area contributed by atoms with E-state index in [4.69, 9.17) is 5.73 Å². The summed E-state index contributed by atoms with van der Waals surface area (Å²) in [6.07, 6.45) is 11.5. The molecule has 1 aliphatic heterocycles. The Labute approximate surface area is 113 Å². The molecule has 0 aromatic heterocycles. The quantitative estimate of drug-likeness (QED) is 0.831. The average molecular weight is 252 g/mol. The van der Waals surface area contributed by atoms with E-state index in [0.717, 1.165) is 5.41 Å². The lowest BCUT2D eigenvalue weighted by Gasteiger charge is -2.44. The third kappa shape index (κ3) is 3.71. The molecular weight excluding hydrogens is 220 g/mol. The van der Waals surface area contributed by atoms with Gasteiger partial charge in [0.1, 0.15) is 0 Å². The third-order valence-corrected chi connectivity index (χ3v) is 5.47. The van der Waals surface area contributed by atoms with E-state index in [0.29, 0.717) is 12.0 Å². The van der Waals surface area contributed by atoms with E-state index in [9.17, 15) is 0 Å². The van der Waals surface area contributed by atoms with Gasteiger partial charge >= 0.3 is 0 Å². The Morgan fingerprint density at radius 2 is 1.61 bits per heavy atom. The SMILES string of the molecule is CC(C)C(N)CCN1CCC2(CCCCC2)CC1. The van der Waals surface area contributed by atoms with Gasteiger partial charge in [-0.25, -0.2) is 0 Å². The fourth-order valence-corrected chi connectivity index (χ4v) is 3.72. The van der Waals surface area contributed by atoms with Crippen LogP contribution >= 0.6 is 0 Å². The van der Waals surface area contributed by atoms with Gasteiger partial charge in [-0.05, 0) is 63.1 Å². The van der Waals surface area contributed by atoms with Gasteiger partial charge < -0.3 is 10.6 Å². The summed E-state index contributed by atoms with van der Waals surface area (Å²) in [6.45, 7) is 8.33. The van der Waals surface area contributed by atoms with Crippen molar-refractivity contribution in [1.82, 2.24) is 4.90 Å². The Morgan fingerprint density at radius 1 is 1.00 bits per heavy atom. The number of hydrogen-bond acceptors (Lipinski definition) is 2. The Kier molecular flexibility index (Phi) is 5.08. The lowest BCUT2D eigenvalue weighted by Crippen LogP contribution is -2.43. The van der Waals surface area contributed by atoms with Crippen molar-refractivity contribution < 1.29 is 0 Å². The highest BCUT2D eigenvalue weighted by Crippen LogP contribution is 2.44. The molecule has 1 spiro atoms. The van der Waals surface area contributed by atoms with Crippen molar-refractivity contribution in [1.29, 1.82) is 0 Å². The zero-order chi connectivity index (χ0) is 13.0. The molecule has 1 unspecified atom stereocenters. The summed E-state index contributed by atoms with van der Waals surface area (Å²) >= 11 is 0. The minimum Gasteiger partial charge on any atom is -0.327 e. The van der Waals surface area contributed by atoms with E-state index < -0.39 is 0 Å². The molecule has 0 aromatic rings. The maximum Gasteiger partial charge on any atom is 0.00740 e. The summed E-state index contributed by atoms with van der Waals surface area (Å²) in [5.74, 6) is 0.625. The second kappa shape index (κ2) is 6.38. The van der Waals surface area contributed by atoms with E-state index in [1.807, 2.05) is 0 Å². The van der Waals surface area contributed by atoms with Gasteiger partial charge in [0.25, 0.3) is 0 Å². The summed E-state index contributed by atoms with van der Waals surface area (Å²) in [5.41, 5.74) is 6.89. The molecule has 1 aliphatic carbocycles. The van der Waals surface area contributed by atoms with Gasteiger partial charge in [-0.3, -0.25) is 0 Å². The first kappa shape index (κ1) is 14.3. The Morgan fingerprint density at radius 3 is 2.17 bits per heavy atom. The molecule has 2 fully saturated rings. The van der Waals surface area contributed by atoms with Gasteiger partial charge in [-0.15, -0.1) is 0 Å². The van der Waals surface area contributed by atoms with Crippen molar-refractivity contribution in [3.05, 3.63) is 0 Å². The van der Waals surface area contributed by atoms with Crippen molar-refractivity contribution in [2.45, 2.75) is 71.3 Å². The molecule has 2 aliphatic rings. The van der Waals surface area contributed by atoms with Crippen LogP contribution in [0.15, 0.2) is 0 Å². The Hall–Kier alpha value is -0.0800. The van der Waals surface area contributed by atoms with Gasteiger partial charge in [0.15, 0.2) is 0 Å². The highest BCUT2D eigenvalue weighted by Gasteiger charge is 2.35. The Bertz CT molecular complexity index is 233. The van der Waals surface area contributed by atoms with Crippen molar-refractivity contribution in [2.75, 3.05) is 19.6 Å². The summed E-state index contributed by atoms with van der Waals surface area (Å²) in [4.78, 5) is 2.65. The molecule has 1 heterocycles. The highest BCUT2D eigenvalue weighted by atomic mass is 15.1.